The Hall–Kier alpha value is -3.20. The van der Waals surface area contributed by atoms with Crippen molar-refractivity contribution in [3.63, 3.8) is 0 Å². The Bertz CT molecular complexity index is 1070. The molecule has 2 aromatic carbocycles. The molecule has 1 aliphatic carbocycles. The van der Waals surface area contributed by atoms with Crippen LogP contribution in [-0.4, -0.2) is 21.8 Å². The van der Waals surface area contributed by atoms with E-state index in [0.29, 0.717) is 27.9 Å². The molecule has 0 saturated heterocycles. The topological polar surface area (TPSA) is 69.0 Å². The van der Waals surface area contributed by atoms with Gasteiger partial charge >= 0.3 is 0 Å². The summed E-state index contributed by atoms with van der Waals surface area (Å²) in [5.74, 6) is -0.197. The maximum atomic E-state index is 12.6. The van der Waals surface area contributed by atoms with Gasteiger partial charge in [-0.3, -0.25) is 14.7 Å². The second kappa shape index (κ2) is 9.08. The first-order valence-electron chi connectivity index (χ1n) is 9.84. The summed E-state index contributed by atoms with van der Waals surface area (Å²) < 4.78 is 0. The van der Waals surface area contributed by atoms with Crippen molar-refractivity contribution in [2.24, 2.45) is 0 Å². The second-order valence-electron chi connectivity index (χ2n) is 7.49. The minimum Gasteiger partial charge on any atom is -0.322 e. The molecule has 3 aromatic rings. The van der Waals surface area contributed by atoms with Crippen LogP contribution in [0.1, 0.15) is 39.9 Å². The molecule has 5 nitrogen and oxygen atoms in total. The molecule has 0 radical (unpaired) electrons. The van der Waals surface area contributed by atoms with Crippen LogP contribution in [0.25, 0.3) is 0 Å². The minimum atomic E-state index is -0.197. The van der Waals surface area contributed by atoms with E-state index >= 15 is 0 Å². The Morgan fingerprint density at radius 1 is 1.07 bits per heavy atom. The molecule has 0 bridgehead atoms. The number of nitrogens with zero attached hydrogens (tertiary/aromatic N) is 3. The number of hydrogen-bond acceptors (Lipinski definition) is 4. The van der Waals surface area contributed by atoms with Gasteiger partial charge in [0.15, 0.2) is 0 Å². The molecule has 1 saturated carbocycles. The number of aromatic nitrogens is 1. The number of pyridine rings is 1. The van der Waals surface area contributed by atoms with Gasteiger partial charge in [-0.1, -0.05) is 23.7 Å². The zero-order valence-corrected chi connectivity index (χ0v) is 17.1. The van der Waals surface area contributed by atoms with Crippen LogP contribution in [0.4, 0.5) is 5.69 Å². The lowest BCUT2D eigenvalue weighted by atomic mass is 10.1. The molecule has 1 aromatic heterocycles. The summed E-state index contributed by atoms with van der Waals surface area (Å²) in [4.78, 5) is 19.3. The molecule has 0 atom stereocenters. The van der Waals surface area contributed by atoms with Gasteiger partial charge in [0.25, 0.3) is 5.91 Å². The average Bonchev–Trinajstić information content (AvgIpc) is 3.61. The normalized spacial score (nSPS) is 13.1. The smallest absolute Gasteiger partial charge is 0.257 e. The lowest BCUT2D eigenvalue weighted by Crippen LogP contribution is -2.25. The Kier molecular flexibility index (Phi) is 6.08. The molecule has 1 fully saturated rings. The predicted molar refractivity (Wildman–Crippen MR) is 117 cm³/mol. The molecule has 4 rings (SSSR count). The van der Waals surface area contributed by atoms with Crippen molar-refractivity contribution in [3.8, 4) is 6.07 Å². The van der Waals surface area contributed by atoms with E-state index in [2.05, 4.69) is 21.3 Å². The van der Waals surface area contributed by atoms with Gasteiger partial charge in [-0.05, 0) is 66.4 Å². The van der Waals surface area contributed by atoms with Gasteiger partial charge in [0, 0.05) is 42.2 Å². The first kappa shape index (κ1) is 20.1. The fraction of sp³-hybridized carbons (Fsp3) is 0.208. The number of carbonyl (C=O) groups excluding carboxylic acids is 1. The van der Waals surface area contributed by atoms with Crippen molar-refractivity contribution in [2.75, 3.05) is 5.32 Å². The first-order chi connectivity index (χ1) is 14.6. The van der Waals surface area contributed by atoms with Crippen molar-refractivity contribution in [1.29, 1.82) is 5.26 Å². The lowest BCUT2D eigenvalue weighted by Gasteiger charge is -2.22. The van der Waals surface area contributed by atoms with Crippen LogP contribution in [0.15, 0.2) is 67.0 Å². The van der Waals surface area contributed by atoms with Gasteiger partial charge in [-0.25, -0.2) is 0 Å². The van der Waals surface area contributed by atoms with Crippen LogP contribution in [0.2, 0.25) is 5.02 Å². The maximum absolute atomic E-state index is 12.6. The summed E-state index contributed by atoms with van der Waals surface area (Å²) in [7, 11) is 0. The zero-order valence-electron chi connectivity index (χ0n) is 16.4. The molecule has 0 spiro atoms. The zero-order chi connectivity index (χ0) is 20.9. The molecular formula is C24H21ClN4O. The summed E-state index contributed by atoms with van der Waals surface area (Å²) in [6.45, 7) is 1.53. The number of halogens is 1. The molecule has 30 heavy (non-hydrogen) atoms. The summed E-state index contributed by atoms with van der Waals surface area (Å²) in [6, 6.07) is 19.3. The van der Waals surface area contributed by atoms with Crippen LogP contribution < -0.4 is 5.32 Å². The van der Waals surface area contributed by atoms with Crippen LogP contribution in [0.3, 0.4) is 0 Å². The van der Waals surface area contributed by atoms with Gasteiger partial charge in [-0.15, -0.1) is 0 Å². The Morgan fingerprint density at radius 2 is 1.77 bits per heavy atom. The van der Waals surface area contributed by atoms with Gasteiger partial charge in [0.2, 0.25) is 0 Å². The molecule has 0 aliphatic heterocycles. The van der Waals surface area contributed by atoms with E-state index in [-0.39, 0.29) is 5.91 Å². The highest BCUT2D eigenvalue weighted by molar-refractivity contribution is 6.30. The SMILES string of the molecule is N#Cc1ccc(CN(Cc2cncc(C(=O)Nc3ccc(Cl)cc3)c2)C2CC2)cc1. The number of carbonyl (C=O) groups is 1. The number of hydrogen-bond donors (Lipinski definition) is 1. The summed E-state index contributed by atoms with van der Waals surface area (Å²) in [6.07, 6.45) is 5.75. The van der Waals surface area contributed by atoms with Crippen molar-refractivity contribution in [2.45, 2.75) is 32.0 Å². The van der Waals surface area contributed by atoms with E-state index in [1.54, 1.807) is 30.5 Å². The van der Waals surface area contributed by atoms with E-state index < -0.39 is 0 Å². The molecule has 1 aliphatic rings. The standard InChI is InChI=1S/C24H21ClN4O/c25-21-5-7-22(8-6-21)28-24(30)20-11-19(13-27-14-20)16-29(23-9-10-23)15-18-3-1-17(12-26)2-4-18/h1-8,11,13-14,23H,9-10,15-16H2,(H,28,30). The van der Waals surface area contributed by atoms with Crippen LogP contribution in [-0.2, 0) is 13.1 Å². The monoisotopic (exact) mass is 416 g/mol. The fourth-order valence-corrected chi connectivity index (χ4v) is 3.47. The van der Waals surface area contributed by atoms with Crippen molar-refractivity contribution in [3.05, 3.63) is 94.3 Å². The summed E-state index contributed by atoms with van der Waals surface area (Å²) in [5, 5.41) is 12.5. The third kappa shape index (κ3) is 5.24. The first-order valence-corrected chi connectivity index (χ1v) is 10.2. The Balaban J connectivity index is 1.44. The van der Waals surface area contributed by atoms with Crippen LogP contribution in [0, 0.1) is 11.3 Å². The van der Waals surface area contributed by atoms with Crippen molar-refractivity contribution >= 4 is 23.2 Å². The van der Waals surface area contributed by atoms with Crippen LogP contribution in [0.5, 0.6) is 0 Å². The third-order valence-corrected chi connectivity index (χ3v) is 5.33. The minimum absolute atomic E-state index is 0.197. The van der Waals surface area contributed by atoms with Crippen molar-refractivity contribution in [1.82, 2.24) is 9.88 Å². The number of anilines is 1. The number of amides is 1. The molecule has 0 unspecified atom stereocenters. The predicted octanol–water partition coefficient (Wildman–Crippen LogP) is 5.02. The number of nitrogens with one attached hydrogen (secondary N) is 1. The van der Waals surface area contributed by atoms with Gasteiger partial charge < -0.3 is 5.32 Å². The van der Waals surface area contributed by atoms with Gasteiger partial charge in [0.05, 0.1) is 17.2 Å². The molecule has 1 amide bonds. The lowest BCUT2D eigenvalue weighted by molar-refractivity contribution is 0.102. The van der Waals surface area contributed by atoms with E-state index in [9.17, 15) is 4.79 Å². The largest absolute Gasteiger partial charge is 0.322 e. The van der Waals surface area contributed by atoms with Crippen LogP contribution >= 0.6 is 11.6 Å². The van der Waals surface area contributed by atoms with Gasteiger partial charge in [0.1, 0.15) is 0 Å². The number of rotatable bonds is 7. The Labute approximate surface area is 180 Å². The molecule has 1 N–H and O–H groups in total. The van der Waals surface area contributed by atoms with E-state index in [1.807, 2.05) is 36.5 Å². The van der Waals surface area contributed by atoms with E-state index in [0.717, 1.165) is 18.7 Å². The molecule has 6 heteroatoms. The summed E-state index contributed by atoms with van der Waals surface area (Å²) in [5.41, 5.74) is 4.05. The maximum Gasteiger partial charge on any atom is 0.257 e. The highest BCUT2D eigenvalue weighted by Gasteiger charge is 2.29. The highest BCUT2D eigenvalue weighted by atomic mass is 35.5. The van der Waals surface area contributed by atoms with Crippen molar-refractivity contribution < 1.29 is 4.79 Å². The van der Waals surface area contributed by atoms with Gasteiger partial charge in [-0.2, -0.15) is 5.26 Å². The fourth-order valence-electron chi connectivity index (χ4n) is 3.34. The average molecular weight is 417 g/mol. The molecular weight excluding hydrogens is 396 g/mol. The Morgan fingerprint density at radius 3 is 2.43 bits per heavy atom. The highest BCUT2D eigenvalue weighted by Crippen LogP contribution is 2.30. The number of nitriles is 1. The second-order valence-corrected chi connectivity index (χ2v) is 7.92. The molecule has 150 valence electrons. The van der Waals surface area contributed by atoms with E-state index in [4.69, 9.17) is 16.9 Å². The quantitative estimate of drug-likeness (QED) is 0.586. The third-order valence-electron chi connectivity index (χ3n) is 5.08. The molecule has 1 heterocycles. The van der Waals surface area contributed by atoms with E-state index in [1.165, 1.54) is 18.4 Å². The summed E-state index contributed by atoms with van der Waals surface area (Å²) >= 11 is 5.90. The number of benzene rings is 2.